The molecule has 5 nitrogen and oxygen atoms in total. The molecule has 0 aliphatic rings. The van der Waals surface area contributed by atoms with E-state index in [4.69, 9.17) is 0 Å². The molecule has 0 bridgehead atoms. The predicted molar refractivity (Wildman–Crippen MR) is 97.0 cm³/mol. The molecule has 0 spiro atoms. The van der Waals surface area contributed by atoms with Crippen LogP contribution in [0.5, 0.6) is 5.88 Å². The van der Waals surface area contributed by atoms with Gasteiger partial charge in [0.05, 0.1) is 19.2 Å². The van der Waals surface area contributed by atoms with Crippen LogP contribution in [0.25, 0.3) is 0 Å². The largest absolute Gasteiger partial charge is 0.494 e. The number of rotatable bonds is 6. The van der Waals surface area contributed by atoms with E-state index in [2.05, 4.69) is 0 Å². The molecular weight excluding hydrogens is 430 g/mol. The zero-order valence-corrected chi connectivity index (χ0v) is 15.5. The number of aromatic nitrogens is 2. The number of hydrogen-bond donors (Lipinski definition) is 1. The molecule has 2 aromatic carbocycles. The van der Waals surface area contributed by atoms with Crippen LogP contribution < -0.4 is 11.2 Å². The van der Waals surface area contributed by atoms with Crippen LogP contribution in [0.2, 0.25) is 0 Å². The predicted octanol–water partition coefficient (Wildman–Crippen LogP) is 3.69. The molecule has 1 N–H and O–H groups in total. The Morgan fingerprint density at radius 3 is 1.71 bits per heavy atom. The van der Waals surface area contributed by atoms with E-state index in [-0.39, 0.29) is 4.57 Å². The normalized spacial score (nSPS) is 13.2. The quantitative estimate of drug-likeness (QED) is 0.590. The first-order chi connectivity index (χ1) is 14.6. The maximum absolute atomic E-state index is 14.5. The number of hydrogen-bond acceptors (Lipinski definition) is 3. The summed E-state index contributed by atoms with van der Waals surface area (Å²) in [5, 5.41) is 9.86. The summed E-state index contributed by atoms with van der Waals surface area (Å²) in [6.45, 7) is -2.10. The third-order valence-corrected chi connectivity index (χ3v) is 4.58. The highest BCUT2D eigenvalue weighted by molar-refractivity contribution is 5.23. The smallest absolute Gasteiger partial charge is 0.333 e. The Morgan fingerprint density at radius 1 is 0.774 bits per heavy atom. The van der Waals surface area contributed by atoms with E-state index in [9.17, 15) is 41.0 Å². The first-order valence-corrected chi connectivity index (χ1v) is 8.81. The number of benzene rings is 2. The molecule has 0 amide bonds. The SMILES string of the molecule is O=c1cc(O)n(C[C@H](F)c2cccc(F)c2F)c(=O)n1C[C@@H](F)c1cccc(F)c1F. The molecule has 0 aliphatic carbocycles. The van der Waals surface area contributed by atoms with Crippen molar-refractivity contribution >= 4 is 0 Å². The van der Waals surface area contributed by atoms with Gasteiger partial charge in [0.1, 0.15) is 12.3 Å². The second-order valence-electron chi connectivity index (χ2n) is 6.57. The van der Waals surface area contributed by atoms with Gasteiger partial charge < -0.3 is 5.11 Å². The van der Waals surface area contributed by atoms with Crippen molar-refractivity contribution in [2.45, 2.75) is 25.4 Å². The van der Waals surface area contributed by atoms with Gasteiger partial charge in [-0.25, -0.2) is 31.1 Å². The number of alkyl halides is 2. The van der Waals surface area contributed by atoms with Crippen molar-refractivity contribution in [1.82, 2.24) is 9.13 Å². The standard InChI is InChI=1S/C20H14F6N2O3/c21-12-5-1-3-10(18(12)25)14(23)8-27-16(29)7-17(30)28(20(27)31)9-15(24)11-4-2-6-13(22)19(11)26/h1-7,14-15,29H,8-9H2/t14-,15+/m0/s1. The second kappa shape index (κ2) is 8.70. The second-order valence-corrected chi connectivity index (χ2v) is 6.57. The summed E-state index contributed by atoms with van der Waals surface area (Å²) in [5.74, 6) is -6.68. The zero-order valence-electron chi connectivity index (χ0n) is 15.5. The summed E-state index contributed by atoms with van der Waals surface area (Å²) in [6.07, 6.45) is -4.65. The summed E-state index contributed by atoms with van der Waals surface area (Å²) in [5.41, 5.74) is -4.07. The lowest BCUT2D eigenvalue weighted by atomic mass is 10.1. The van der Waals surface area contributed by atoms with E-state index in [1.165, 1.54) is 0 Å². The zero-order chi connectivity index (χ0) is 22.9. The average molecular weight is 444 g/mol. The molecule has 0 unspecified atom stereocenters. The minimum absolute atomic E-state index is 0.239. The van der Waals surface area contributed by atoms with E-state index >= 15 is 0 Å². The first-order valence-electron chi connectivity index (χ1n) is 8.81. The van der Waals surface area contributed by atoms with Crippen molar-refractivity contribution in [3.05, 3.63) is 97.7 Å². The fraction of sp³-hybridized carbons (Fsp3) is 0.200. The van der Waals surface area contributed by atoms with Crippen molar-refractivity contribution in [2.75, 3.05) is 0 Å². The van der Waals surface area contributed by atoms with E-state index in [1.54, 1.807) is 0 Å². The van der Waals surface area contributed by atoms with Crippen molar-refractivity contribution in [2.24, 2.45) is 0 Å². The molecule has 0 saturated heterocycles. The summed E-state index contributed by atoms with van der Waals surface area (Å²) in [4.78, 5) is 24.6. The lowest BCUT2D eigenvalue weighted by molar-refractivity contribution is 0.253. The number of aromatic hydroxyl groups is 1. The molecule has 11 heteroatoms. The van der Waals surface area contributed by atoms with Gasteiger partial charge in [-0.2, -0.15) is 0 Å². The van der Waals surface area contributed by atoms with Crippen molar-refractivity contribution in [1.29, 1.82) is 0 Å². The van der Waals surface area contributed by atoms with Crippen molar-refractivity contribution in [3.8, 4) is 5.88 Å². The molecule has 164 valence electrons. The number of nitrogens with zero attached hydrogens (tertiary/aromatic N) is 2. The van der Waals surface area contributed by atoms with Gasteiger partial charge in [-0.3, -0.25) is 13.9 Å². The van der Waals surface area contributed by atoms with Gasteiger partial charge in [-0.1, -0.05) is 24.3 Å². The topological polar surface area (TPSA) is 64.2 Å². The summed E-state index contributed by atoms with van der Waals surface area (Å²) < 4.78 is 83.8. The van der Waals surface area contributed by atoms with Crippen LogP contribution in [-0.2, 0) is 13.1 Å². The van der Waals surface area contributed by atoms with Crippen LogP contribution in [0.1, 0.15) is 23.5 Å². The molecule has 0 aliphatic heterocycles. The van der Waals surface area contributed by atoms with Gasteiger partial charge in [-0.05, 0) is 12.1 Å². The summed E-state index contributed by atoms with van der Waals surface area (Å²) >= 11 is 0. The van der Waals surface area contributed by atoms with Gasteiger partial charge in [0, 0.05) is 11.1 Å². The fourth-order valence-electron chi connectivity index (χ4n) is 2.99. The molecule has 0 saturated carbocycles. The third-order valence-electron chi connectivity index (χ3n) is 4.58. The summed E-state index contributed by atoms with van der Waals surface area (Å²) in [6, 6.07) is 5.87. The Kier molecular flexibility index (Phi) is 6.23. The van der Waals surface area contributed by atoms with Crippen LogP contribution in [0.4, 0.5) is 26.3 Å². The first kappa shape index (κ1) is 22.2. The van der Waals surface area contributed by atoms with Gasteiger partial charge in [0.2, 0.25) is 5.88 Å². The van der Waals surface area contributed by atoms with Gasteiger partial charge >= 0.3 is 5.69 Å². The average Bonchev–Trinajstić information content (AvgIpc) is 2.72. The Balaban J connectivity index is 1.96. The Bertz CT molecular complexity index is 1240. The molecule has 3 rings (SSSR count). The van der Waals surface area contributed by atoms with Crippen molar-refractivity contribution < 1.29 is 31.4 Å². The van der Waals surface area contributed by atoms with Gasteiger partial charge in [0.25, 0.3) is 5.56 Å². The van der Waals surface area contributed by atoms with Crippen LogP contribution in [0.15, 0.2) is 52.1 Å². The highest BCUT2D eigenvalue weighted by Gasteiger charge is 2.24. The monoisotopic (exact) mass is 444 g/mol. The van der Waals surface area contributed by atoms with E-state index < -0.39 is 77.0 Å². The van der Waals surface area contributed by atoms with Crippen LogP contribution >= 0.6 is 0 Å². The van der Waals surface area contributed by atoms with Crippen LogP contribution in [0, 0.1) is 23.3 Å². The Morgan fingerprint density at radius 2 is 1.23 bits per heavy atom. The molecule has 0 radical (unpaired) electrons. The van der Waals surface area contributed by atoms with Crippen LogP contribution in [-0.4, -0.2) is 14.2 Å². The van der Waals surface area contributed by atoms with E-state index in [1.807, 2.05) is 0 Å². The minimum atomic E-state index is -2.33. The maximum Gasteiger partial charge on any atom is 0.333 e. The molecule has 2 atom stereocenters. The van der Waals surface area contributed by atoms with E-state index in [0.29, 0.717) is 10.6 Å². The molecular formula is C20H14F6N2O3. The minimum Gasteiger partial charge on any atom is -0.494 e. The van der Waals surface area contributed by atoms with Gasteiger partial charge in [0.15, 0.2) is 23.3 Å². The molecule has 1 aromatic heterocycles. The highest BCUT2D eigenvalue weighted by Crippen LogP contribution is 2.26. The molecule has 31 heavy (non-hydrogen) atoms. The molecule has 0 fully saturated rings. The molecule has 1 heterocycles. The van der Waals surface area contributed by atoms with E-state index in [0.717, 1.165) is 36.4 Å². The fourth-order valence-corrected chi connectivity index (χ4v) is 2.99. The number of halogens is 6. The summed E-state index contributed by atoms with van der Waals surface area (Å²) in [7, 11) is 0. The maximum atomic E-state index is 14.5. The lowest BCUT2D eigenvalue weighted by Crippen LogP contribution is -2.40. The highest BCUT2D eigenvalue weighted by atomic mass is 19.2. The van der Waals surface area contributed by atoms with Crippen LogP contribution in [0.3, 0.4) is 0 Å². The Hall–Kier alpha value is -3.50. The third kappa shape index (κ3) is 4.35. The lowest BCUT2D eigenvalue weighted by Gasteiger charge is -2.16. The van der Waals surface area contributed by atoms with Gasteiger partial charge in [-0.15, -0.1) is 0 Å². The molecule has 3 aromatic rings. The Labute approximate surface area is 170 Å². The van der Waals surface area contributed by atoms with Crippen molar-refractivity contribution in [3.63, 3.8) is 0 Å².